The van der Waals surface area contributed by atoms with Gasteiger partial charge in [-0.25, -0.2) is 0 Å². The fraction of sp³-hybridized carbons (Fsp3) is 0.875. The predicted octanol–water partition coefficient (Wildman–Crippen LogP) is 0.744. The van der Waals surface area contributed by atoms with E-state index in [-0.39, 0.29) is 18.2 Å². The molecule has 3 nitrogen and oxygen atoms in total. The van der Waals surface area contributed by atoms with E-state index in [0.717, 1.165) is 19.4 Å². The Morgan fingerprint density at radius 3 is 3.09 bits per heavy atom. The summed E-state index contributed by atoms with van der Waals surface area (Å²) in [6.45, 7) is 2.73. The molecule has 0 aromatic rings. The number of rotatable bonds is 0. The first kappa shape index (κ1) is 7.10. The molecule has 0 N–H and O–H groups in total. The van der Waals surface area contributed by atoms with Crippen molar-refractivity contribution in [2.75, 3.05) is 6.54 Å². The molecule has 0 spiro atoms. The molecule has 3 heteroatoms. The fourth-order valence-corrected chi connectivity index (χ4v) is 1.82. The Hall–Kier alpha value is -0.570. The van der Waals surface area contributed by atoms with E-state index in [2.05, 4.69) is 0 Å². The summed E-state index contributed by atoms with van der Waals surface area (Å²) in [5.41, 5.74) is 0. The molecule has 0 aromatic heterocycles. The summed E-state index contributed by atoms with van der Waals surface area (Å²) >= 11 is 0. The lowest BCUT2D eigenvalue weighted by Gasteiger charge is -2.27. The van der Waals surface area contributed by atoms with Gasteiger partial charge < -0.3 is 9.64 Å². The molecule has 0 aliphatic carbocycles. The highest BCUT2D eigenvalue weighted by atomic mass is 16.5. The highest BCUT2D eigenvalue weighted by Gasteiger charge is 2.38. The summed E-state index contributed by atoms with van der Waals surface area (Å²) in [5.74, 6) is 0.176. The Morgan fingerprint density at radius 2 is 2.36 bits per heavy atom. The van der Waals surface area contributed by atoms with Crippen LogP contribution >= 0.6 is 0 Å². The second kappa shape index (κ2) is 2.48. The van der Waals surface area contributed by atoms with E-state index in [1.54, 1.807) is 0 Å². The van der Waals surface area contributed by atoms with E-state index in [4.69, 9.17) is 4.74 Å². The Labute approximate surface area is 66.3 Å². The van der Waals surface area contributed by atoms with E-state index in [0.29, 0.717) is 0 Å². The van der Waals surface area contributed by atoms with Gasteiger partial charge in [-0.2, -0.15) is 0 Å². The SMILES string of the molecule is C[C@@H]1O[C@H]2CCCCN2C1=O. The van der Waals surface area contributed by atoms with Gasteiger partial charge in [0, 0.05) is 6.54 Å². The zero-order valence-electron chi connectivity index (χ0n) is 6.75. The molecule has 0 aromatic carbocycles. The summed E-state index contributed by atoms with van der Waals surface area (Å²) in [7, 11) is 0. The van der Waals surface area contributed by atoms with Gasteiger partial charge in [0.1, 0.15) is 12.3 Å². The van der Waals surface area contributed by atoms with E-state index in [1.807, 2.05) is 11.8 Å². The van der Waals surface area contributed by atoms with Crippen molar-refractivity contribution in [2.45, 2.75) is 38.5 Å². The molecule has 2 fully saturated rings. The van der Waals surface area contributed by atoms with Crippen molar-refractivity contribution in [2.24, 2.45) is 0 Å². The summed E-state index contributed by atoms with van der Waals surface area (Å²) < 4.78 is 5.45. The van der Waals surface area contributed by atoms with Gasteiger partial charge >= 0.3 is 0 Å². The minimum absolute atomic E-state index is 0.103. The van der Waals surface area contributed by atoms with E-state index >= 15 is 0 Å². The van der Waals surface area contributed by atoms with Crippen molar-refractivity contribution < 1.29 is 9.53 Å². The smallest absolute Gasteiger partial charge is 0.253 e. The average molecular weight is 155 g/mol. The number of amides is 1. The normalized spacial score (nSPS) is 37.5. The summed E-state index contributed by atoms with van der Waals surface area (Å²) in [5, 5.41) is 0. The average Bonchev–Trinajstić information content (AvgIpc) is 2.30. The quantitative estimate of drug-likeness (QED) is 0.516. The maximum Gasteiger partial charge on any atom is 0.253 e. The predicted molar refractivity (Wildman–Crippen MR) is 39.9 cm³/mol. The number of hydrogen-bond acceptors (Lipinski definition) is 2. The Morgan fingerprint density at radius 1 is 1.55 bits per heavy atom. The number of ether oxygens (including phenoxy) is 1. The topological polar surface area (TPSA) is 29.5 Å². The van der Waals surface area contributed by atoms with Crippen LogP contribution in [-0.4, -0.2) is 29.7 Å². The van der Waals surface area contributed by atoms with Crippen LogP contribution in [0.5, 0.6) is 0 Å². The first-order chi connectivity index (χ1) is 5.29. The molecule has 2 aliphatic rings. The Bertz CT molecular complexity index is 181. The number of carbonyl (C=O) groups is 1. The summed E-state index contributed by atoms with van der Waals surface area (Å²) in [6.07, 6.45) is 3.26. The molecular formula is C8H13NO2. The molecule has 0 unspecified atom stereocenters. The van der Waals surface area contributed by atoms with Gasteiger partial charge in [0.2, 0.25) is 0 Å². The van der Waals surface area contributed by atoms with E-state index in [1.165, 1.54) is 6.42 Å². The third-order valence-electron chi connectivity index (χ3n) is 2.44. The minimum Gasteiger partial charge on any atom is -0.346 e. The largest absolute Gasteiger partial charge is 0.346 e. The third kappa shape index (κ3) is 1.03. The highest BCUT2D eigenvalue weighted by molar-refractivity contribution is 5.82. The molecule has 2 saturated heterocycles. The van der Waals surface area contributed by atoms with Crippen molar-refractivity contribution in [1.29, 1.82) is 0 Å². The van der Waals surface area contributed by atoms with Crippen LogP contribution in [0.3, 0.4) is 0 Å². The van der Waals surface area contributed by atoms with Crippen LogP contribution in [0, 0.1) is 0 Å². The van der Waals surface area contributed by atoms with Gasteiger partial charge in [0.15, 0.2) is 0 Å². The lowest BCUT2D eigenvalue weighted by Crippen LogP contribution is -2.38. The van der Waals surface area contributed by atoms with Crippen molar-refractivity contribution in [1.82, 2.24) is 4.90 Å². The van der Waals surface area contributed by atoms with Crippen LogP contribution in [-0.2, 0) is 9.53 Å². The molecule has 2 heterocycles. The first-order valence-electron chi connectivity index (χ1n) is 4.25. The van der Waals surface area contributed by atoms with Crippen LogP contribution in [0.4, 0.5) is 0 Å². The fourth-order valence-electron chi connectivity index (χ4n) is 1.82. The van der Waals surface area contributed by atoms with Gasteiger partial charge in [0.25, 0.3) is 5.91 Å². The zero-order valence-corrected chi connectivity index (χ0v) is 6.75. The molecule has 0 saturated carbocycles. The molecular weight excluding hydrogens is 142 g/mol. The van der Waals surface area contributed by atoms with E-state index in [9.17, 15) is 4.79 Å². The lowest BCUT2D eigenvalue weighted by atomic mass is 10.1. The zero-order chi connectivity index (χ0) is 7.84. The monoisotopic (exact) mass is 155 g/mol. The Balaban J connectivity index is 2.11. The number of piperidine rings is 1. The molecule has 2 aliphatic heterocycles. The maximum absolute atomic E-state index is 11.3. The molecule has 11 heavy (non-hydrogen) atoms. The third-order valence-corrected chi connectivity index (χ3v) is 2.44. The lowest BCUT2D eigenvalue weighted by molar-refractivity contribution is -0.130. The molecule has 1 amide bonds. The van der Waals surface area contributed by atoms with Gasteiger partial charge in [-0.15, -0.1) is 0 Å². The summed E-state index contributed by atoms with van der Waals surface area (Å²) in [6, 6.07) is 0. The van der Waals surface area contributed by atoms with Gasteiger partial charge in [-0.05, 0) is 26.2 Å². The summed E-state index contributed by atoms with van der Waals surface area (Å²) in [4.78, 5) is 13.2. The molecule has 2 atom stereocenters. The molecule has 62 valence electrons. The van der Waals surface area contributed by atoms with Crippen LogP contribution in [0.1, 0.15) is 26.2 Å². The molecule has 0 bridgehead atoms. The van der Waals surface area contributed by atoms with Crippen molar-refractivity contribution in [3.63, 3.8) is 0 Å². The Kier molecular flexibility index (Phi) is 1.60. The van der Waals surface area contributed by atoms with E-state index < -0.39 is 0 Å². The second-order valence-corrected chi connectivity index (χ2v) is 3.26. The number of nitrogens with zero attached hydrogens (tertiary/aromatic N) is 1. The van der Waals surface area contributed by atoms with Crippen molar-refractivity contribution in [3.8, 4) is 0 Å². The maximum atomic E-state index is 11.3. The molecule has 2 rings (SSSR count). The van der Waals surface area contributed by atoms with Gasteiger partial charge in [0.05, 0.1) is 0 Å². The van der Waals surface area contributed by atoms with Crippen LogP contribution in [0.2, 0.25) is 0 Å². The first-order valence-corrected chi connectivity index (χ1v) is 4.25. The van der Waals surface area contributed by atoms with Gasteiger partial charge in [-0.1, -0.05) is 0 Å². The molecule has 0 radical (unpaired) electrons. The minimum atomic E-state index is -0.196. The second-order valence-electron chi connectivity index (χ2n) is 3.26. The highest BCUT2D eigenvalue weighted by Crippen LogP contribution is 2.25. The number of hydrogen-bond donors (Lipinski definition) is 0. The van der Waals surface area contributed by atoms with Gasteiger partial charge in [-0.3, -0.25) is 4.79 Å². The standard InChI is InChI=1S/C8H13NO2/c1-6-8(10)9-5-3-2-4-7(9)11-6/h6-7H,2-5H2,1H3/t6-,7-/m0/s1. The van der Waals surface area contributed by atoms with Crippen molar-refractivity contribution in [3.05, 3.63) is 0 Å². The van der Waals surface area contributed by atoms with Crippen LogP contribution in [0.15, 0.2) is 0 Å². The number of fused-ring (bicyclic) bond motifs is 1. The van der Waals surface area contributed by atoms with Crippen molar-refractivity contribution >= 4 is 5.91 Å². The van der Waals surface area contributed by atoms with Crippen LogP contribution in [0.25, 0.3) is 0 Å². The number of carbonyl (C=O) groups excluding carboxylic acids is 1. The van der Waals surface area contributed by atoms with Crippen LogP contribution < -0.4 is 0 Å².